The van der Waals surface area contributed by atoms with Gasteiger partial charge in [0.2, 0.25) is 11.8 Å². The van der Waals surface area contributed by atoms with Gasteiger partial charge in [0.15, 0.2) is 17.9 Å². The van der Waals surface area contributed by atoms with Crippen LogP contribution in [0.3, 0.4) is 0 Å². The Hall–Kier alpha value is -6.24. The largest absolute Gasteiger partial charge is 0.505 e. The number of aldehydes is 2. The molecule has 77 heavy (non-hydrogen) atoms. The zero-order valence-corrected chi connectivity index (χ0v) is 46.5. The Balaban J connectivity index is 0.000000238. The lowest BCUT2D eigenvalue weighted by atomic mass is 9.88. The van der Waals surface area contributed by atoms with Gasteiger partial charge < -0.3 is 46.0 Å². The molecule has 7 N–H and O–H groups in total. The molecule has 0 bridgehead atoms. The summed E-state index contributed by atoms with van der Waals surface area (Å²) >= 11 is 6.28. The monoisotopic (exact) mass is 1090 g/mol. The third-order valence-electron chi connectivity index (χ3n) is 14.3. The standard InChI is InChI=1S/C21H17ClFNO2.C18H21N3O5.C15H28N2O.C4H10O.CH5N/c22-18-8-6-14(17(11-24)13-4-2-1-3-5-13)10-16(18)20-15(12-25)7-9-19(26)21(20)23;1-26-15-3-2-13(17(24)20-7-4-12(11-22)5-8-20)10-14(15)21-9-6-16(23)19-18(21)25;1-17-11-8-13(9-12-17)7-10-16-15(18)14-5-3-2-4-6-14;1-4(2)5-3;1-2/h1-10,12,17,26H,11,24H2;2-3,10-12H,4-9H2,1H3,(H,19,23,25);13-14H,2-12H2,1H3,(H,16,18);4H,1-3H3;2H2,1H3. The fraction of sp³-hybridized carbons (Fsp3) is 0.492. The lowest BCUT2D eigenvalue weighted by Gasteiger charge is -2.31. The van der Waals surface area contributed by atoms with Crippen molar-refractivity contribution in [3.8, 4) is 22.6 Å². The number of amides is 5. The number of nitrogens with two attached hydrogens (primary N) is 2. The van der Waals surface area contributed by atoms with Gasteiger partial charge in [0.05, 0.1) is 18.9 Å². The highest BCUT2D eigenvalue weighted by molar-refractivity contribution is 6.33. The van der Waals surface area contributed by atoms with Crippen molar-refractivity contribution < 1.29 is 47.7 Å². The Morgan fingerprint density at radius 3 is 2.12 bits per heavy atom. The number of nitrogens with one attached hydrogen (secondary N) is 2. The van der Waals surface area contributed by atoms with Gasteiger partial charge in [-0.25, -0.2) is 9.18 Å². The summed E-state index contributed by atoms with van der Waals surface area (Å²) in [7, 11) is 6.88. The Morgan fingerprint density at radius 2 is 1.53 bits per heavy atom. The van der Waals surface area contributed by atoms with Crippen molar-refractivity contribution in [3.05, 3.63) is 112 Å². The number of anilines is 1. The lowest BCUT2D eigenvalue weighted by molar-refractivity contribution is -0.126. The van der Waals surface area contributed by atoms with Crippen LogP contribution in [-0.2, 0) is 19.1 Å². The Morgan fingerprint density at radius 1 is 0.870 bits per heavy atom. The number of likely N-dealkylation sites (tertiary alicyclic amines) is 2. The van der Waals surface area contributed by atoms with Crippen molar-refractivity contribution in [2.45, 2.75) is 96.5 Å². The highest BCUT2D eigenvalue weighted by Gasteiger charge is 2.30. The quantitative estimate of drug-likeness (QED) is 0.0746. The highest BCUT2D eigenvalue weighted by atomic mass is 35.5. The van der Waals surface area contributed by atoms with Crippen LogP contribution in [-0.4, -0.2) is 131 Å². The SMILES string of the molecule is CN.CN1CCC(CCNC(=O)C2CCCCC2)CC1.COC(C)C.COc1ccc(C(=O)N2CCC(C=O)CC2)cc1N1CCC(=O)NC1=O.NCC(c1ccccc1)c1ccc(Cl)c(-c2c(C=O)ccc(O)c2F)c1. The minimum atomic E-state index is -0.877. The number of imide groups is 1. The van der Waals surface area contributed by atoms with Gasteiger partial charge in [-0.3, -0.25) is 29.4 Å². The maximum Gasteiger partial charge on any atom is 0.328 e. The Kier molecular flexibility index (Phi) is 27.2. The molecule has 5 amide bonds. The van der Waals surface area contributed by atoms with Gasteiger partial charge in [-0.15, -0.1) is 0 Å². The predicted molar refractivity (Wildman–Crippen MR) is 301 cm³/mol. The number of benzene rings is 4. The molecule has 3 saturated heterocycles. The molecule has 0 radical (unpaired) electrons. The third-order valence-corrected chi connectivity index (χ3v) is 14.6. The van der Waals surface area contributed by atoms with Crippen LogP contribution in [0.2, 0.25) is 5.02 Å². The maximum absolute atomic E-state index is 14.6. The molecule has 4 aromatic carbocycles. The van der Waals surface area contributed by atoms with E-state index in [2.05, 4.69) is 28.3 Å². The third kappa shape index (κ3) is 19.0. The number of aromatic hydroxyl groups is 1. The van der Waals surface area contributed by atoms with E-state index in [4.69, 9.17) is 26.8 Å². The zero-order chi connectivity index (χ0) is 56.4. The zero-order valence-electron chi connectivity index (χ0n) is 45.7. The number of carbonyl (C=O) groups excluding carboxylic acids is 6. The normalized spacial score (nSPS) is 16.6. The predicted octanol–water partition coefficient (Wildman–Crippen LogP) is 8.98. The first-order valence-electron chi connectivity index (χ1n) is 26.7. The summed E-state index contributed by atoms with van der Waals surface area (Å²) in [5, 5.41) is 15.4. The summed E-state index contributed by atoms with van der Waals surface area (Å²) in [5.74, 6) is -0.0600. The first-order valence-corrected chi connectivity index (χ1v) is 27.1. The molecule has 3 aliphatic heterocycles. The van der Waals surface area contributed by atoms with Crippen LogP contribution in [0, 0.1) is 23.6 Å². The number of urea groups is 1. The van der Waals surface area contributed by atoms with Crippen molar-refractivity contribution >= 4 is 53.6 Å². The second-order valence-corrected chi connectivity index (χ2v) is 20.2. The van der Waals surface area contributed by atoms with Crippen LogP contribution < -0.4 is 31.7 Å². The fourth-order valence-electron chi connectivity index (χ4n) is 9.56. The summed E-state index contributed by atoms with van der Waals surface area (Å²) in [4.78, 5) is 76.0. The minimum absolute atomic E-state index is 0.0139. The van der Waals surface area contributed by atoms with E-state index in [1.54, 1.807) is 42.3 Å². The Bertz CT molecular complexity index is 2510. The summed E-state index contributed by atoms with van der Waals surface area (Å²) < 4.78 is 24.6. The first kappa shape index (κ1) is 63.3. The Labute approximate surface area is 459 Å². The number of rotatable bonds is 14. The van der Waals surface area contributed by atoms with Crippen molar-refractivity contribution in [2.75, 3.05) is 79.0 Å². The van der Waals surface area contributed by atoms with Crippen molar-refractivity contribution in [1.82, 2.24) is 20.4 Å². The number of nitrogens with zero attached hydrogens (tertiary/aromatic N) is 3. The van der Waals surface area contributed by atoms with Gasteiger partial charge in [0, 0.05) is 91.3 Å². The molecule has 0 aromatic heterocycles. The molecule has 1 saturated carbocycles. The average molecular weight is 1090 g/mol. The second kappa shape index (κ2) is 33.1. The molecular formula is C59H81ClFN7O9. The smallest absolute Gasteiger partial charge is 0.328 e. The topological polar surface area (TPSA) is 227 Å². The van der Waals surface area contributed by atoms with Gasteiger partial charge in [-0.1, -0.05) is 67.3 Å². The molecule has 1 atom stereocenters. The number of hydrogen-bond acceptors (Lipinski definition) is 12. The van der Waals surface area contributed by atoms with E-state index in [1.807, 2.05) is 50.2 Å². The van der Waals surface area contributed by atoms with E-state index in [1.165, 1.54) is 76.7 Å². The summed E-state index contributed by atoms with van der Waals surface area (Å²) in [6.45, 7) is 8.98. The van der Waals surface area contributed by atoms with E-state index in [0.29, 0.717) is 79.3 Å². The molecule has 3 heterocycles. The molecular weight excluding hydrogens is 1010 g/mol. The average Bonchev–Trinajstić information content (AvgIpc) is 3.46. The number of methoxy groups -OCH3 is 2. The van der Waals surface area contributed by atoms with E-state index in [-0.39, 0.29) is 52.8 Å². The molecule has 1 aliphatic carbocycles. The van der Waals surface area contributed by atoms with E-state index < -0.39 is 17.6 Å². The number of hydrogen-bond donors (Lipinski definition) is 5. The van der Waals surface area contributed by atoms with Gasteiger partial charge >= 0.3 is 6.03 Å². The van der Waals surface area contributed by atoms with Gasteiger partial charge in [-0.05, 0) is 145 Å². The maximum atomic E-state index is 14.6. The van der Waals surface area contributed by atoms with Crippen LogP contribution >= 0.6 is 11.6 Å². The van der Waals surface area contributed by atoms with Crippen LogP contribution in [0.25, 0.3) is 11.1 Å². The van der Waals surface area contributed by atoms with Crippen LogP contribution in [0.4, 0.5) is 14.9 Å². The fourth-order valence-corrected chi connectivity index (χ4v) is 9.77. The molecule has 4 aliphatic rings. The molecule has 18 heteroatoms. The van der Waals surface area contributed by atoms with Gasteiger partial charge in [0.1, 0.15) is 12.0 Å². The van der Waals surface area contributed by atoms with Gasteiger partial charge in [0.25, 0.3) is 5.91 Å². The van der Waals surface area contributed by atoms with Crippen molar-refractivity contribution in [1.29, 1.82) is 0 Å². The molecule has 8 rings (SSSR count). The van der Waals surface area contributed by atoms with Gasteiger partial charge in [-0.2, -0.15) is 0 Å². The summed E-state index contributed by atoms with van der Waals surface area (Å²) in [5.41, 5.74) is 13.7. The minimum Gasteiger partial charge on any atom is -0.505 e. The molecule has 1 unspecified atom stereocenters. The first-order chi connectivity index (χ1) is 37.1. The van der Waals surface area contributed by atoms with E-state index in [9.17, 15) is 38.3 Å². The molecule has 0 spiro atoms. The molecule has 420 valence electrons. The number of piperidine rings is 2. The summed E-state index contributed by atoms with van der Waals surface area (Å²) in [6.07, 6.45) is 13.2. The number of phenols is 1. The number of ether oxygens (including phenoxy) is 2. The number of phenolic OH excluding ortho intramolecular Hbond substituents is 1. The highest BCUT2D eigenvalue weighted by Crippen LogP contribution is 2.38. The van der Waals surface area contributed by atoms with Crippen LogP contribution in [0.1, 0.15) is 122 Å². The van der Waals surface area contributed by atoms with Crippen LogP contribution in [0.15, 0.2) is 78.9 Å². The molecule has 16 nitrogen and oxygen atoms in total. The van der Waals surface area contributed by atoms with Crippen LogP contribution in [0.5, 0.6) is 11.5 Å². The molecule has 4 aromatic rings. The molecule has 4 fully saturated rings. The number of carbonyl (C=O) groups is 6. The number of halogens is 2. The lowest BCUT2D eigenvalue weighted by Crippen LogP contribution is -2.49. The van der Waals surface area contributed by atoms with Crippen molar-refractivity contribution in [2.24, 2.45) is 29.2 Å². The summed E-state index contributed by atoms with van der Waals surface area (Å²) in [6, 6.07) is 21.8. The van der Waals surface area contributed by atoms with E-state index in [0.717, 1.165) is 48.8 Å². The second-order valence-electron chi connectivity index (χ2n) is 19.8. The van der Waals surface area contributed by atoms with E-state index >= 15 is 0 Å². The van der Waals surface area contributed by atoms with Crippen molar-refractivity contribution in [3.63, 3.8) is 0 Å².